The zero-order valence-electron chi connectivity index (χ0n) is 9.03. The van der Waals surface area contributed by atoms with E-state index in [2.05, 4.69) is 12.2 Å². The van der Waals surface area contributed by atoms with Crippen molar-refractivity contribution < 1.29 is 24.8 Å². The number of rotatable bonds is 0. The molecule has 0 saturated carbocycles. The topological polar surface area (TPSA) is 0 Å². The van der Waals surface area contributed by atoms with E-state index in [9.17, 15) is 6.63 Å². The molecule has 0 aromatic carbocycles. The van der Waals surface area contributed by atoms with Crippen molar-refractivity contribution in [3.8, 4) is 0 Å². The minimum absolute atomic E-state index is 0. The third-order valence-corrected chi connectivity index (χ3v) is 0.586. The normalized spacial score (nSPS) is 8.46. The van der Waals surface area contributed by atoms with Crippen LogP contribution in [0.4, 0.5) is 6.63 Å². The molecule has 1 rings (SSSR count). The van der Waals surface area contributed by atoms with Crippen molar-refractivity contribution in [1.82, 2.24) is 0 Å². The van der Waals surface area contributed by atoms with Gasteiger partial charge in [-0.2, -0.15) is 6.08 Å². The molecule has 0 fully saturated rings. The van der Waals surface area contributed by atoms with Crippen molar-refractivity contribution in [1.29, 1.82) is 0 Å². The second-order valence-electron chi connectivity index (χ2n) is 1.05. The van der Waals surface area contributed by atoms with Crippen LogP contribution < -0.4 is 0 Å². The molecule has 0 radical (unpaired) electrons. The van der Waals surface area contributed by atoms with Crippen LogP contribution in [0.25, 0.3) is 0 Å². The Morgan fingerprint density at radius 3 is 1.46 bits per heavy atom. The monoisotopic (exact) mass is 281 g/mol. The molecular weight excluding hydrogens is 261 g/mol. The first-order chi connectivity index (χ1) is 3.91. The summed E-state index contributed by atoms with van der Waals surface area (Å²) in [6.45, 7) is 0. The van der Waals surface area contributed by atoms with Gasteiger partial charge in [-0.1, -0.05) is 0 Å². The number of halogens is 2. The van der Waals surface area contributed by atoms with Gasteiger partial charge in [-0.3, -0.25) is 6.08 Å². The van der Waals surface area contributed by atoms with Crippen LogP contribution in [0.5, 0.6) is 0 Å². The first-order valence-electron chi connectivity index (χ1n) is 1.97. The molecule has 0 nitrogen and oxygen atoms in total. The van der Waals surface area contributed by atoms with E-state index in [1.165, 1.54) is 0 Å². The molecule has 3 heteroatoms. The van der Waals surface area contributed by atoms with Gasteiger partial charge < -0.3 is 37.1 Å². The van der Waals surface area contributed by atoms with Gasteiger partial charge in [-0.15, -0.1) is 6.42 Å². The van der Waals surface area contributed by atoms with Crippen LogP contribution in [0.3, 0.4) is 0 Å². The molecule has 13 heavy (non-hydrogen) atoms. The maximum absolute atomic E-state index is 9.70. The average molecular weight is 281 g/mol. The molecule has 0 spiro atoms. The fourth-order valence-electron chi connectivity index (χ4n) is 0.340. The molecule has 0 aromatic rings. The Labute approximate surface area is 92.9 Å². The van der Waals surface area contributed by atoms with Crippen molar-refractivity contribution in [2.75, 3.05) is 0 Å². The van der Waals surface area contributed by atoms with Crippen LogP contribution in [0, 0.1) is 43.2 Å². The summed E-state index contributed by atoms with van der Waals surface area (Å²) in [5.41, 5.74) is 0. The van der Waals surface area contributed by atoms with Gasteiger partial charge in [0.2, 0.25) is 0 Å². The number of hydrogen-bond acceptors (Lipinski definition) is 0. The first kappa shape index (κ1) is 38.3. The van der Waals surface area contributed by atoms with Crippen LogP contribution in [-0.4, -0.2) is 0 Å². The fraction of sp³-hybridized carbons (Fsp3) is 0.100. The molecule has 0 amide bonds. The van der Waals surface area contributed by atoms with Crippen LogP contribution in [0.1, 0.15) is 6.42 Å². The molecule has 0 aromatic heterocycles. The Morgan fingerprint density at radius 2 is 1.38 bits per heavy atom. The Bertz CT molecular complexity index is 80.9. The third kappa shape index (κ3) is 48.2. The van der Waals surface area contributed by atoms with Crippen molar-refractivity contribution >= 4 is 0 Å². The Hall–Kier alpha value is -0.0366. The molecule has 0 atom stereocenters. The summed E-state index contributed by atoms with van der Waals surface area (Å²) < 4.78 is 19.4. The predicted octanol–water partition coefficient (Wildman–Crippen LogP) is 4.40. The number of allylic oxidation sites excluding steroid dienone is 4. The van der Waals surface area contributed by atoms with E-state index in [1.807, 2.05) is 12.2 Å². The van der Waals surface area contributed by atoms with E-state index in [1.54, 1.807) is 0 Å². The quantitative estimate of drug-likeness (QED) is 0.456. The fourth-order valence-corrected chi connectivity index (χ4v) is 0.340. The molecule has 0 N–H and O–H groups in total. The Morgan fingerprint density at radius 1 is 1.00 bits per heavy atom. The SMILES string of the molecule is [C-]1=CC=CC1.[CH3-].[CH3-].[CH3-].[CH3-].[CH3-].[F][Rh][F]. The Balaban J connectivity index is -0.0000000144. The van der Waals surface area contributed by atoms with Crippen molar-refractivity contribution in [3.63, 3.8) is 0 Å². The molecule has 0 saturated heterocycles. The molecule has 1 aliphatic carbocycles. The zero-order valence-corrected chi connectivity index (χ0v) is 10.7. The van der Waals surface area contributed by atoms with Gasteiger partial charge >= 0.3 is 24.8 Å². The summed E-state index contributed by atoms with van der Waals surface area (Å²) >= 11 is -2.17. The van der Waals surface area contributed by atoms with E-state index in [4.69, 9.17) is 0 Å². The van der Waals surface area contributed by atoms with Gasteiger partial charge in [-0.25, -0.2) is 12.2 Å². The molecule has 0 heterocycles. The number of hydrogen-bond donors (Lipinski definition) is 0. The molecule has 0 aliphatic heterocycles. The van der Waals surface area contributed by atoms with Gasteiger partial charge in [-0.05, 0) is 0 Å². The second kappa shape index (κ2) is 40.4. The summed E-state index contributed by atoms with van der Waals surface area (Å²) in [4.78, 5) is 0. The average Bonchev–Trinajstić information content (AvgIpc) is 2.17. The van der Waals surface area contributed by atoms with Crippen LogP contribution in [0.2, 0.25) is 0 Å². The van der Waals surface area contributed by atoms with Crippen molar-refractivity contribution in [3.05, 3.63) is 61.4 Å². The van der Waals surface area contributed by atoms with Gasteiger partial charge in [0.05, 0.1) is 0 Å². The molecule has 0 bridgehead atoms. The summed E-state index contributed by atoms with van der Waals surface area (Å²) in [5, 5.41) is 0. The minimum atomic E-state index is -2.17. The van der Waals surface area contributed by atoms with Crippen molar-refractivity contribution in [2.45, 2.75) is 6.42 Å². The third-order valence-electron chi connectivity index (χ3n) is 0.586. The van der Waals surface area contributed by atoms with Gasteiger partial charge in [0.1, 0.15) is 0 Å². The second-order valence-corrected chi connectivity index (χ2v) is 1.28. The summed E-state index contributed by atoms with van der Waals surface area (Å²) in [6.07, 6.45) is 10.0. The van der Waals surface area contributed by atoms with Gasteiger partial charge in [0, 0.05) is 0 Å². The summed E-state index contributed by atoms with van der Waals surface area (Å²) in [7, 11) is 0. The van der Waals surface area contributed by atoms with Gasteiger partial charge in [0.25, 0.3) is 0 Å². The standard InChI is InChI=1S/C5H5.5CH3.2FH.Rh/c1-2-4-5-3-1;;;;;;;;/h1-3H,4H2;5*1H3;2*1H;/q6*-1;;;+2/p-2. The zero-order chi connectivity index (χ0) is 6.24. The van der Waals surface area contributed by atoms with Crippen molar-refractivity contribution in [2.24, 2.45) is 0 Å². The van der Waals surface area contributed by atoms with E-state index in [-0.39, 0.29) is 37.1 Å². The van der Waals surface area contributed by atoms with E-state index in [0.717, 1.165) is 6.42 Å². The van der Waals surface area contributed by atoms with Crippen LogP contribution in [-0.2, 0) is 18.1 Å². The summed E-state index contributed by atoms with van der Waals surface area (Å²) in [6, 6.07) is 0. The van der Waals surface area contributed by atoms with E-state index in [0.29, 0.717) is 0 Å². The molecule has 89 valence electrons. The summed E-state index contributed by atoms with van der Waals surface area (Å²) in [5.74, 6) is 0. The molecule has 0 unspecified atom stereocenters. The predicted molar refractivity (Wildman–Crippen MR) is 55.9 cm³/mol. The van der Waals surface area contributed by atoms with Crippen LogP contribution >= 0.6 is 0 Å². The molecular formula is C10H20F2Rh-6. The maximum atomic E-state index is 9.70. The first-order valence-corrected chi connectivity index (χ1v) is 3.21. The van der Waals surface area contributed by atoms with E-state index < -0.39 is 18.1 Å². The van der Waals surface area contributed by atoms with E-state index >= 15 is 0 Å². The van der Waals surface area contributed by atoms with Crippen LogP contribution in [0.15, 0.2) is 18.2 Å². The Kier molecular flexibility index (Phi) is 119. The molecule has 1 aliphatic rings. The van der Waals surface area contributed by atoms with Gasteiger partial charge in [0.15, 0.2) is 0 Å².